The van der Waals surface area contributed by atoms with E-state index in [1.54, 1.807) is 0 Å². The number of quaternary nitrogens is 1. The molecule has 5 N–H and O–H groups in total. The first-order valence-electron chi connectivity index (χ1n) is 5.71. The number of nitrogens with two attached hydrogens (primary N) is 1. The highest BCUT2D eigenvalue weighted by atomic mass is 79.9. The number of benzene rings is 1. The van der Waals surface area contributed by atoms with Crippen LogP contribution in [0.25, 0.3) is 0 Å². The van der Waals surface area contributed by atoms with Crippen LogP contribution in [0.3, 0.4) is 0 Å². The summed E-state index contributed by atoms with van der Waals surface area (Å²) in [6.45, 7) is 4.37. The molecule has 0 amide bonds. The van der Waals surface area contributed by atoms with Crippen LogP contribution < -0.4 is 10.8 Å². The second-order valence-electron chi connectivity index (χ2n) is 4.52. The van der Waals surface area contributed by atoms with E-state index in [0.717, 1.165) is 27.7 Å². The highest BCUT2D eigenvalue weighted by Gasteiger charge is 2.11. The lowest BCUT2D eigenvalue weighted by Gasteiger charge is -2.20. The van der Waals surface area contributed by atoms with E-state index in [2.05, 4.69) is 35.1 Å². The van der Waals surface area contributed by atoms with Gasteiger partial charge in [0.1, 0.15) is 0 Å². The van der Waals surface area contributed by atoms with Crippen molar-refractivity contribution < 1.29 is 15.8 Å². The van der Waals surface area contributed by atoms with E-state index in [0.29, 0.717) is 5.92 Å². The zero-order chi connectivity index (χ0) is 12.8. The Hall–Kier alpha value is -0.620. The smallest absolute Gasteiger partial charge is 0.163 e. The Bertz CT molecular complexity index is 358. The van der Waals surface area contributed by atoms with Gasteiger partial charge < -0.3 is 10.4 Å². The largest absolute Gasteiger partial charge is 0.394 e. The molecular weight excluding hydrogens is 284 g/mol. The quantitative estimate of drug-likeness (QED) is 0.479. The van der Waals surface area contributed by atoms with Crippen LogP contribution in [0, 0.1) is 5.92 Å². The molecule has 4 nitrogen and oxygen atoms in total. The predicted molar refractivity (Wildman–Crippen MR) is 71.5 cm³/mol. The van der Waals surface area contributed by atoms with Gasteiger partial charge in [-0.25, -0.2) is 5.21 Å². The summed E-state index contributed by atoms with van der Waals surface area (Å²) in [6.07, 6.45) is 0.914. The molecule has 0 saturated heterocycles. The van der Waals surface area contributed by atoms with Crippen LogP contribution in [0.2, 0.25) is 0 Å². The molecule has 96 valence electrons. The molecule has 0 spiro atoms. The van der Waals surface area contributed by atoms with E-state index in [1.165, 1.54) is 0 Å². The molecule has 0 aliphatic rings. The molecule has 17 heavy (non-hydrogen) atoms. The molecular formula is C12H20BrN2O2+. The molecule has 1 atom stereocenters. The van der Waals surface area contributed by atoms with Crippen LogP contribution in [0.15, 0.2) is 22.7 Å². The first-order valence-corrected chi connectivity index (χ1v) is 6.50. The fourth-order valence-corrected chi connectivity index (χ4v) is 2.21. The first-order chi connectivity index (χ1) is 8.06. The molecule has 0 heterocycles. The van der Waals surface area contributed by atoms with E-state index in [4.69, 9.17) is 5.21 Å². The second-order valence-corrected chi connectivity index (χ2v) is 5.38. The number of aliphatic hydroxyl groups excluding tert-OH is 1. The number of aliphatic hydroxyl groups is 1. The number of rotatable bonds is 6. The molecule has 0 radical (unpaired) electrons. The summed E-state index contributed by atoms with van der Waals surface area (Å²) >= 11 is 3.44. The highest BCUT2D eigenvalue weighted by molar-refractivity contribution is 9.10. The average molecular weight is 304 g/mol. The van der Waals surface area contributed by atoms with Crippen LogP contribution in [0.4, 0.5) is 11.4 Å². The SMILES string of the molecule is CC(C)C[C@@H](CO)Nc1ccc([NH2+]O)cc1Br. The molecule has 0 unspecified atom stereocenters. The minimum Gasteiger partial charge on any atom is -0.394 e. The van der Waals surface area contributed by atoms with Gasteiger partial charge in [-0.1, -0.05) is 13.8 Å². The minimum atomic E-state index is 0.0512. The molecule has 0 bridgehead atoms. The third kappa shape index (κ3) is 4.63. The van der Waals surface area contributed by atoms with Crippen molar-refractivity contribution in [2.24, 2.45) is 5.92 Å². The standard InChI is InChI=1S/C12H19BrN2O2/c1-8(2)5-10(7-16)14-12-4-3-9(15-17)6-11(12)13/h3-4,6,8,10,14-17H,5,7H2,1-2H3/p+1/t10-/m0/s1. The Labute approximate surface area is 110 Å². The maximum absolute atomic E-state index is 9.30. The number of nitrogens with one attached hydrogen (secondary N) is 1. The van der Waals surface area contributed by atoms with Crippen LogP contribution in [-0.2, 0) is 0 Å². The van der Waals surface area contributed by atoms with Gasteiger partial charge in [0.15, 0.2) is 5.69 Å². The van der Waals surface area contributed by atoms with Crippen molar-refractivity contribution in [1.29, 1.82) is 0 Å². The van der Waals surface area contributed by atoms with Crippen LogP contribution in [-0.4, -0.2) is 23.0 Å². The van der Waals surface area contributed by atoms with Crippen molar-refractivity contribution in [2.75, 3.05) is 11.9 Å². The molecule has 1 aromatic rings. The average Bonchev–Trinajstić information content (AvgIpc) is 2.29. The maximum atomic E-state index is 9.30. The van der Waals surface area contributed by atoms with Crippen molar-refractivity contribution in [3.63, 3.8) is 0 Å². The van der Waals surface area contributed by atoms with Crippen LogP contribution in [0.1, 0.15) is 20.3 Å². The number of hydrogen-bond donors (Lipinski definition) is 4. The monoisotopic (exact) mass is 303 g/mol. The minimum absolute atomic E-state index is 0.0512. The zero-order valence-electron chi connectivity index (χ0n) is 10.2. The van der Waals surface area contributed by atoms with Gasteiger partial charge >= 0.3 is 0 Å². The number of hydrogen-bond acceptors (Lipinski definition) is 3. The molecule has 0 aromatic heterocycles. The van der Waals surface area contributed by atoms with Gasteiger partial charge in [-0.3, -0.25) is 0 Å². The van der Waals surface area contributed by atoms with Crippen molar-refractivity contribution in [1.82, 2.24) is 0 Å². The van der Waals surface area contributed by atoms with Gasteiger partial charge in [0, 0.05) is 28.3 Å². The van der Waals surface area contributed by atoms with E-state index in [9.17, 15) is 5.11 Å². The first kappa shape index (κ1) is 14.4. The lowest BCUT2D eigenvalue weighted by Crippen LogP contribution is -2.73. The lowest BCUT2D eigenvalue weighted by molar-refractivity contribution is -0.825. The lowest BCUT2D eigenvalue weighted by atomic mass is 10.0. The van der Waals surface area contributed by atoms with Gasteiger partial charge in [0.25, 0.3) is 0 Å². The maximum Gasteiger partial charge on any atom is 0.163 e. The van der Waals surface area contributed by atoms with Gasteiger partial charge in [0.05, 0.1) is 6.61 Å². The second kappa shape index (κ2) is 6.96. The molecule has 0 aliphatic carbocycles. The predicted octanol–water partition coefficient (Wildman–Crippen LogP) is 1.85. The third-order valence-electron chi connectivity index (χ3n) is 2.48. The van der Waals surface area contributed by atoms with Crippen molar-refractivity contribution in [3.8, 4) is 0 Å². The van der Waals surface area contributed by atoms with E-state index < -0.39 is 0 Å². The van der Waals surface area contributed by atoms with Crippen LogP contribution >= 0.6 is 15.9 Å². The van der Waals surface area contributed by atoms with Gasteiger partial charge in [-0.05, 0) is 34.3 Å². The number of halogens is 1. The Morgan fingerprint density at radius 2 is 2.12 bits per heavy atom. The summed E-state index contributed by atoms with van der Waals surface area (Å²) in [4.78, 5) is 0. The zero-order valence-corrected chi connectivity index (χ0v) is 11.7. The van der Waals surface area contributed by atoms with Gasteiger partial charge in [-0.15, -0.1) is 0 Å². The Morgan fingerprint density at radius 3 is 2.59 bits per heavy atom. The Kier molecular flexibility index (Phi) is 5.91. The third-order valence-corrected chi connectivity index (χ3v) is 3.13. The van der Waals surface area contributed by atoms with Gasteiger partial charge in [0.2, 0.25) is 0 Å². The highest BCUT2D eigenvalue weighted by Crippen LogP contribution is 2.25. The van der Waals surface area contributed by atoms with Gasteiger partial charge in [-0.2, -0.15) is 5.48 Å². The molecule has 0 aliphatic heterocycles. The van der Waals surface area contributed by atoms with Crippen molar-refractivity contribution >= 4 is 27.3 Å². The molecule has 0 fully saturated rings. The Balaban J connectivity index is 2.72. The summed E-state index contributed by atoms with van der Waals surface area (Å²) in [6, 6.07) is 5.58. The van der Waals surface area contributed by atoms with E-state index in [1.807, 2.05) is 18.2 Å². The summed E-state index contributed by atoms with van der Waals surface area (Å²) in [5.41, 5.74) is 2.73. The summed E-state index contributed by atoms with van der Waals surface area (Å²) in [5.74, 6) is 0.531. The fraction of sp³-hybridized carbons (Fsp3) is 0.500. The van der Waals surface area contributed by atoms with E-state index >= 15 is 0 Å². The Morgan fingerprint density at radius 1 is 1.41 bits per heavy atom. The molecule has 0 saturated carbocycles. The van der Waals surface area contributed by atoms with E-state index in [-0.39, 0.29) is 12.6 Å². The normalized spacial score (nSPS) is 12.8. The summed E-state index contributed by atoms with van der Waals surface area (Å²) < 4.78 is 0.877. The topological polar surface area (TPSA) is 69.1 Å². The molecule has 5 heteroatoms. The van der Waals surface area contributed by atoms with Crippen molar-refractivity contribution in [3.05, 3.63) is 22.7 Å². The summed E-state index contributed by atoms with van der Waals surface area (Å²) in [5, 5.41) is 21.5. The van der Waals surface area contributed by atoms with Crippen LogP contribution in [0.5, 0.6) is 0 Å². The summed E-state index contributed by atoms with van der Waals surface area (Å²) in [7, 11) is 0. The van der Waals surface area contributed by atoms with Crippen molar-refractivity contribution in [2.45, 2.75) is 26.3 Å². The molecule has 1 aromatic carbocycles. The fourth-order valence-electron chi connectivity index (χ4n) is 1.70. The molecule has 1 rings (SSSR count). The number of anilines is 1.